The maximum absolute atomic E-state index is 12.2. The molecule has 0 radical (unpaired) electrons. The first kappa shape index (κ1) is 14.7. The molecule has 0 unspecified atom stereocenters. The molecule has 0 heterocycles. The van der Waals surface area contributed by atoms with E-state index in [1.54, 1.807) is 12.1 Å². The van der Waals surface area contributed by atoms with E-state index in [-0.39, 0.29) is 17.0 Å². The van der Waals surface area contributed by atoms with Crippen molar-refractivity contribution >= 4 is 26.0 Å². The lowest BCUT2D eigenvalue weighted by atomic mass is 10.2. The minimum atomic E-state index is -3.70. The van der Waals surface area contributed by atoms with E-state index >= 15 is 0 Å². The van der Waals surface area contributed by atoms with E-state index in [1.165, 1.54) is 12.1 Å². The van der Waals surface area contributed by atoms with Gasteiger partial charge in [0.1, 0.15) is 6.07 Å². The quantitative estimate of drug-likeness (QED) is 0.921. The van der Waals surface area contributed by atoms with Crippen LogP contribution < -0.4 is 4.72 Å². The Morgan fingerprint density at radius 2 is 1.90 bits per heavy atom. The Kier molecular flexibility index (Phi) is 4.55. The molecule has 20 heavy (non-hydrogen) atoms. The third-order valence-corrected chi connectivity index (χ3v) is 4.61. The maximum Gasteiger partial charge on any atom is 0.242 e. The summed E-state index contributed by atoms with van der Waals surface area (Å²) in [4.78, 5) is -0.00232. The molecule has 4 nitrogen and oxygen atoms in total. The molecule has 0 aliphatic heterocycles. The lowest BCUT2D eigenvalue weighted by molar-refractivity contribution is 0.581. The molecule has 0 bridgehead atoms. The zero-order valence-electron chi connectivity index (χ0n) is 10.4. The number of nitrogens with zero attached hydrogens (tertiary/aromatic N) is 1. The van der Waals surface area contributed by atoms with Crippen molar-refractivity contribution in [1.29, 1.82) is 5.26 Å². The Labute approximate surface area is 126 Å². The van der Waals surface area contributed by atoms with Gasteiger partial charge < -0.3 is 0 Å². The summed E-state index contributed by atoms with van der Waals surface area (Å²) < 4.78 is 27.8. The van der Waals surface area contributed by atoms with Crippen LogP contribution >= 0.6 is 15.9 Å². The molecule has 0 aliphatic carbocycles. The summed E-state index contributed by atoms with van der Waals surface area (Å²) in [6.07, 6.45) is 0. The highest BCUT2D eigenvalue weighted by atomic mass is 79.9. The van der Waals surface area contributed by atoms with Crippen LogP contribution in [0.15, 0.2) is 57.9 Å². The summed E-state index contributed by atoms with van der Waals surface area (Å²) in [5, 5.41) is 8.95. The topological polar surface area (TPSA) is 70.0 Å². The fourth-order valence-corrected chi connectivity index (χ4v) is 3.32. The summed E-state index contributed by atoms with van der Waals surface area (Å²) in [6.45, 7) is 0.168. The summed E-state index contributed by atoms with van der Waals surface area (Å²) >= 11 is 3.33. The second-order valence-corrected chi connectivity index (χ2v) is 6.71. The Hall–Kier alpha value is -1.68. The van der Waals surface area contributed by atoms with Crippen molar-refractivity contribution in [3.63, 3.8) is 0 Å². The van der Waals surface area contributed by atoms with Gasteiger partial charge in [0.25, 0.3) is 0 Å². The first-order chi connectivity index (χ1) is 9.53. The van der Waals surface area contributed by atoms with Crippen molar-refractivity contribution in [3.05, 3.63) is 64.1 Å². The highest BCUT2D eigenvalue weighted by Crippen LogP contribution is 2.16. The lowest BCUT2D eigenvalue weighted by Gasteiger charge is -2.08. The van der Waals surface area contributed by atoms with E-state index in [1.807, 2.05) is 30.3 Å². The zero-order chi connectivity index (χ0) is 14.6. The van der Waals surface area contributed by atoms with Crippen molar-refractivity contribution in [2.75, 3.05) is 0 Å². The number of rotatable bonds is 4. The van der Waals surface area contributed by atoms with E-state index in [4.69, 9.17) is 5.26 Å². The first-order valence-corrected chi connectivity index (χ1v) is 8.04. The zero-order valence-corrected chi connectivity index (χ0v) is 12.8. The van der Waals surface area contributed by atoms with Gasteiger partial charge in [-0.25, -0.2) is 13.1 Å². The fourth-order valence-electron chi connectivity index (χ4n) is 1.70. The number of benzene rings is 2. The van der Waals surface area contributed by atoms with Crippen LogP contribution in [0, 0.1) is 11.3 Å². The van der Waals surface area contributed by atoms with Gasteiger partial charge in [-0.05, 0) is 29.8 Å². The highest BCUT2D eigenvalue weighted by molar-refractivity contribution is 9.10. The number of nitrogens with one attached hydrogen (secondary N) is 1. The van der Waals surface area contributed by atoms with Gasteiger partial charge in [0.05, 0.1) is 10.5 Å². The van der Waals surface area contributed by atoms with E-state index in [9.17, 15) is 8.42 Å². The van der Waals surface area contributed by atoms with Crippen LogP contribution in [0.1, 0.15) is 11.1 Å². The van der Waals surface area contributed by atoms with Crippen LogP contribution in [0.25, 0.3) is 0 Å². The summed E-state index contributed by atoms with van der Waals surface area (Å²) in [7, 11) is -3.70. The Morgan fingerprint density at radius 3 is 2.60 bits per heavy atom. The van der Waals surface area contributed by atoms with Crippen molar-refractivity contribution in [2.24, 2.45) is 0 Å². The second kappa shape index (κ2) is 6.18. The third-order valence-electron chi connectivity index (χ3n) is 2.65. The number of halogens is 1. The van der Waals surface area contributed by atoms with E-state index in [0.717, 1.165) is 10.0 Å². The van der Waals surface area contributed by atoms with E-state index in [0.29, 0.717) is 0 Å². The molecule has 0 aromatic heterocycles. The lowest BCUT2D eigenvalue weighted by Crippen LogP contribution is -2.24. The Bertz CT molecular complexity index is 767. The molecular formula is C14H11BrN2O2S. The average Bonchev–Trinajstić information content (AvgIpc) is 2.45. The van der Waals surface area contributed by atoms with Crippen LogP contribution in [0.2, 0.25) is 0 Å². The predicted molar refractivity (Wildman–Crippen MR) is 79.3 cm³/mol. The monoisotopic (exact) mass is 350 g/mol. The SMILES string of the molecule is N#Cc1ccccc1S(=O)(=O)NCc1cccc(Br)c1. The Balaban J connectivity index is 2.22. The normalized spacial score (nSPS) is 11.0. The fraction of sp³-hybridized carbons (Fsp3) is 0.0714. The summed E-state index contributed by atoms with van der Waals surface area (Å²) in [5.74, 6) is 0. The van der Waals surface area contributed by atoms with Crippen LogP contribution in [0.5, 0.6) is 0 Å². The number of nitriles is 1. The van der Waals surface area contributed by atoms with Crippen molar-refractivity contribution in [1.82, 2.24) is 4.72 Å². The largest absolute Gasteiger partial charge is 0.242 e. The standard InChI is InChI=1S/C14H11BrN2O2S/c15-13-6-3-4-11(8-13)10-17-20(18,19)14-7-2-1-5-12(14)9-16/h1-8,17H,10H2. The summed E-state index contributed by atoms with van der Waals surface area (Å²) in [6, 6.07) is 15.4. The molecule has 1 N–H and O–H groups in total. The van der Waals surface area contributed by atoms with Gasteiger partial charge in [-0.3, -0.25) is 0 Å². The molecule has 0 atom stereocenters. The van der Waals surface area contributed by atoms with E-state index < -0.39 is 10.0 Å². The minimum Gasteiger partial charge on any atom is -0.207 e. The number of sulfonamides is 1. The van der Waals surface area contributed by atoms with Gasteiger partial charge >= 0.3 is 0 Å². The number of hydrogen-bond acceptors (Lipinski definition) is 3. The first-order valence-electron chi connectivity index (χ1n) is 5.76. The second-order valence-electron chi connectivity index (χ2n) is 4.06. The molecule has 0 aliphatic rings. The van der Waals surface area contributed by atoms with Crippen LogP contribution in [-0.2, 0) is 16.6 Å². The Morgan fingerprint density at radius 1 is 1.15 bits per heavy atom. The van der Waals surface area contributed by atoms with Gasteiger partial charge in [0.2, 0.25) is 10.0 Å². The van der Waals surface area contributed by atoms with E-state index in [2.05, 4.69) is 20.7 Å². The highest BCUT2D eigenvalue weighted by Gasteiger charge is 2.17. The van der Waals surface area contributed by atoms with Crippen LogP contribution in [0.4, 0.5) is 0 Å². The van der Waals surface area contributed by atoms with Gasteiger partial charge in [0, 0.05) is 11.0 Å². The number of hydrogen-bond donors (Lipinski definition) is 1. The molecule has 2 aromatic carbocycles. The van der Waals surface area contributed by atoms with Gasteiger partial charge in [-0.1, -0.05) is 40.2 Å². The molecule has 0 spiro atoms. The minimum absolute atomic E-state index is 0.00232. The van der Waals surface area contributed by atoms with Crippen LogP contribution in [-0.4, -0.2) is 8.42 Å². The smallest absolute Gasteiger partial charge is 0.207 e. The molecule has 0 saturated heterocycles. The molecule has 2 rings (SSSR count). The predicted octanol–water partition coefficient (Wildman–Crippen LogP) is 2.80. The van der Waals surface area contributed by atoms with Crippen molar-refractivity contribution < 1.29 is 8.42 Å². The van der Waals surface area contributed by atoms with Gasteiger partial charge in [0.15, 0.2) is 0 Å². The maximum atomic E-state index is 12.2. The molecule has 102 valence electrons. The molecular weight excluding hydrogens is 340 g/mol. The molecule has 0 amide bonds. The average molecular weight is 351 g/mol. The third kappa shape index (κ3) is 3.45. The molecule has 6 heteroatoms. The van der Waals surface area contributed by atoms with Crippen molar-refractivity contribution in [3.8, 4) is 6.07 Å². The molecule has 2 aromatic rings. The van der Waals surface area contributed by atoms with Crippen LogP contribution in [0.3, 0.4) is 0 Å². The molecule has 0 fully saturated rings. The van der Waals surface area contributed by atoms with Crippen molar-refractivity contribution in [2.45, 2.75) is 11.4 Å². The summed E-state index contributed by atoms with van der Waals surface area (Å²) in [5.41, 5.74) is 0.964. The molecule has 0 saturated carbocycles. The van der Waals surface area contributed by atoms with Gasteiger partial charge in [-0.15, -0.1) is 0 Å². The van der Waals surface area contributed by atoms with Gasteiger partial charge in [-0.2, -0.15) is 5.26 Å².